The van der Waals surface area contributed by atoms with E-state index in [0.29, 0.717) is 25.8 Å². The molecule has 3 aliphatic heterocycles. The van der Waals surface area contributed by atoms with Crippen LogP contribution in [0.3, 0.4) is 0 Å². The third-order valence-corrected chi connectivity index (χ3v) is 7.74. The number of unbranched alkanes of at least 4 members (excludes halogenated alkanes) is 1. The van der Waals surface area contributed by atoms with Gasteiger partial charge in [-0.15, -0.1) is 0 Å². The summed E-state index contributed by atoms with van der Waals surface area (Å²) < 4.78 is 6.53. The van der Waals surface area contributed by atoms with Crippen molar-refractivity contribution in [2.45, 2.75) is 69.2 Å². The molecule has 3 amide bonds. The van der Waals surface area contributed by atoms with Gasteiger partial charge in [0.2, 0.25) is 17.7 Å². The number of aliphatic hydroxyl groups excluding tert-OH is 1. The summed E-state index contributed by atoms with van der Waals surface area (Å²) in [5.74, 6) is -2.21. The maximum absolute atomic E-state index is 14.0. The number of likely N-dealkylation sites (tertiary alicyclic amines) is 1. The minimum absolute atomic E-state index is 0.243. The van der Waals surface area contributed by atoms with E-state index in [1.54, 1.807) is 7.05 Å². The second-order valence-corrected chi connectivity index (χ2v) is 9.76. The Bertz CT molecular complexity index is 909. The first kappa shape index (κ1) is 23.7. The summed E-state index contributed by atoms with van der Waals surface area (Å²) in [5, 5.41) is 16.0. The molecule has 1 aromatic rings. The molecule has 1 spiro atoms. The van der Waals surface area contributed by atoms with Crippen molar-refractivity contribution in [1.82, 2.24) is 15.5 Å². The van der Waals surface area contributed by atoms with Gasteiger partial charge in [-0.05, 0) is 38.2 Å². The lowest BCUT2D eigenvalue weighted by Crippen LogP contribution is -2.58. The Kier molecular flexibility index (Phi) is 6.51. The quantitative estimate of drug-likeness (QED) is 0.480. The molecule has 0 saturated carbocycles. The number of nitrogens with zero attached hydrogens (tertiary/aromatic N) is 1. The molecule has 33 heavy (non-hydrogen) atoms. The number of rotatable bonds is 9. The molecule has 4 rings (SSSR count). The molecule has 1 aromatic carbocycles. The standard InChI is InChI=1S/C25H35N3O5/c1-4-5-13-27-22(31)20-25-12-11-24(2,33-25)18(21(30)26-3)19(25)23(32)28(20)17(15-29)14-16-9-7-6-8-10-16/h6-10,17-20,29H,4-5,11-15H2,1-3H3,(H,26,30)(H,27,31)/t17-,18+,19+,20?,24-,25?/m1/s1. The maximum Gasteiger partial charge on any atom is 0.245 e. The van der Waals surface area contributed by atoms with Crippen LogP contribution in [0.5, 0.6) is 0 Å². The molecule has 3 saturated heterocycles. The molecule has 6 atom stereocenters. The summed E-state index contributed by atoms with van der Waals surface area (Å²) >= 11 is 0. The highest BCUT2D eigenvalue weighted by Gasteiger charge is 2.78. The summed E-state index contributed by atoms with van der Waals surface area (Å²) in [7, 11) is 1.56. The van der Waals surface area contributed by atoms with Gasteiger partial charge in [0, 0.05) is 13.6 Å². The second-order valence-electron chi connectivity index (χ2n) is 9.76. The molecule has 3 heterocycles. The van der Waals surface area contributed by atoms with Gasteiger partial charge in [0.25, 0.3) is 0 Å². The average Bonchev–Trinajstić information content (AvgIpc) is 3.38. The molecule has 0 aliphatic carbocycles. The molecule has 0 radical (unpaired) electrons. The molecule has 3 fully saturated rings. The number of hydrogen-bond donors (Lipinski definition) is 3. The van der Waals surface area contributed by atoms with Crippen molar-refractivity contribution in [2.24, 2.45) is 11.8 Å². The van der Waals surface area contributed by atoms with E-state index in [0.717, 1.165) is 18.4 Å². The first-order valence-corrected chi connectivity index (χ1v) is 12.0. The summed E-state index contributed by atoms with van der Waals surface area (Å²) in [6.45, 7) is 4.14. The Morgan fingerprint density at radius 1 is 1.24 bits per heavy atom. The third-order valence-electron chi connectivity index (χ3n) is 7.74. The SMILES string of the molecule is CCCCNC(=O)C1N([C@@H](CO)Cc2ccccc2)C(=O)[C@@H]2[C@@H](C(=O)NC)[C@@]3(C)CCC12O3. The van der Waals surface area contributed by atoms with Gasteiger partial charge in [-0.2, -0.15) is 0 Å². The van der Waals surface area contributed by atoms with Gasteiger partial charge < -0.3 is 25.4 Å². The van der Waals surface area contributed by atoms with Gasteiger partial charge in [0.05, 0.1) is 30.1 Å². The number of ether oxygens (including phenoxy) is 1. The van der Waals surface area contributed by atoms with E-state index in [-0.39, 0.29) is 24.3 Å². The van der Waals surface area contributed by atoms with Crippen molar-refractivity contribution in [3.05, 3.63) is 35.9 Å². The summed E-state index contributed by atoms with van der Waals surface area (Å²) in [4.78, 5) is 41.9. The van der Waals surface area contributed by atoms with E-state index in [1.807, 2.05) is 44.2 Å². The molecular weight excluding hydrogens is 422 g/mol. The summed E-state index contributed by atoms with van der Waals surface area (Å²) in [6.07, 6.45) is 3.30. The van der Waals surface area contributed by atoms with Crippen LogP contribution in [0, 0.1) is 11.8 Å². The Labute approximate surface area is 195 Å². The Morgan fingerprint density at radius 3 is 2.61 bits per heavy atom. The summed E-state index contributed by atoms with van der Waals surface area (Å²) in [5.41, 5.74) is -0.893. The van der Waals surface area contributed by atoms with Crippen LogP contribution in [0.25, 0.3) is 0 Å². The van der Waals surface area contributed by atoms with Crippen molar-refractivity contribution in [3.63, 3.8) is 0 Å². The molecule has 2 unspecified atom stereocenters. The molecule has 3 N–H and O–H groups in total. The van der Waals surface area contributed by atoms with Gasteiger partial charge in [0.15, 0.2) is 0 Å². The van der Waals surface area contributed by atoms with Gasteiger partial charge in [-0.25, -0.2) is 0 Å². The minimum Gasteiger partial charge on any atom is -0.394 e. The zero-order chi connectivity index (χ0) is 23.8. The lowest BCUT2D eigenvalue weighted by atomic mass is 9.66. The maximum atomic E-state index is 14.0. The molecule has 8 nitrogen and oxygen atoms in total. The van der Waals surface area contributed by atoms with Crippen LogP contribution in [-0.4, -0.2) is 71.2 Å². The van der Waals surface area contributed by atoms with Crippen LogP contribution < -0.4 is 10.6 Å². The number of benzene rings is 1. The van der Waals surface area contributed by atoms with E-state index in [1.165, 1.54) is 4.90 Å². The predicted octanol–water partition coefficient (Wildman–Crippen LogP) is 1.02. The molecule has 8 heteroatoms. The van der Waals surface area contributed by atoms with Crippen LogP contribution in [0.15, 0.2) is 30.3 Å². The van der Waals surface area contributed by atoms with Crippen LogP contribution in [0.1, 0.15) is 45.1 Å². The van der Waals surface area contributed by atoms with E-state index >= 15 is 0 Å². The van der Waals surface area contributed by atoms with E-state index in [4.69, 9.17) is 4.74 Å². The Morgan fingerprint density at radius 2 is 1.97 bits per heavy atom. The van der Waals surface area contributed by atoms with Crippen LogP contribution in [-0.2, 0) is 25.5 Å². The molecule has 0 aromatic heterocycles. The third kappa shape index (κ3) is 3.73. The van der Waals surface area contributed by atoms with Crippen molar-refractivity contribution in [1.29, 1.82) is 0 Å². The highest BCUT2D eigenvalue weighted by atomic mass is 16.5. The zero-order valence-electron chi connectivity index (χ0n) is 19.7. The monoisotopic (exact) mass is 457 g/mol. The fraction of sp³-hybridized carbons (Fsp3) is 0.640. The highest BCUT2D eigenvalue weighted by molar-refractivity contribution is 5.99. The van der Waals surface area contributed by atoms with Crippen LogP contribution in [0.4, 0.5) is 0 Å². The van der Waals surface area contributed by atoms with Crippen molar-refractivity contribution in [2.75, 3.05) is 20.2 Å². The number of carbonyl (C=O) groups is 3. The predicted molar refractivity (Wildman–Crippen MR) is 122 cm³/mol. The highest BCUT2D eigenvalue weighted by Crippen LogP contribution is 2.63. The number of hydrogen-bond acceptors (Lipinski definition) is 5. The molecule has 180 valence electrons. The number of fused-ring (bicyclic) bond motifs is 1. The lowest BCUT2D eigenvalue weighted by molar-refractivity contribution is -0.149. The lowest BCUT2D eigenvalue weighted by Gasteiger charge is -2.37. The number of amides is 3. The number of carbonyl (C=O) groups excluding carboxylic acids is 3. The summed E-state index contributed by atoms with van der Waals surface area (Å²) in [6, 6.07) is 8.12. The Hall–Kier alpha value is -2.45. The molecule has 2 bridgehead atoms. The topological polar surface area (TPSA) is 108 Å². The van der Waals surface area contributed by atoms with Gasteiger partial charge in [-0.1, -0.05) is 43.7 Å². The molecule has 3 aliphatic rings. The fourth-order valence-corrected chi connectivity index (χ4v) is 6.24. The first-order valence-electron chi connectivity index (χ1n) is 12.0. The Balaban J connectivity index is 1.74. The van der Waals surface area contributed by atoms with Gasteiger partial charge >= 0.3 is 0 Å². The average molecular weight is 458 g/mol. The molecular formula is C25H35N3O5. The van der Waals surface area contributed by atoms with E-state index in [2.05, 4.69) is 10.6 Å². The van der Waals surface area contributed by atoms with Crippen molar-refractivity contribution >= 4 is 17.7 Å². The largest absolute Gasteiger partial charge is 0.394 e. The second kappa shape index (κ2) is 9.06. The van der Waals surface area contributed by atoms with Crippen LogP contribution >= 0.6 is 0 Å². The van der Waals surface area contributed by atoms with Gasteiger partial charge in [-0.3, -0.25) is 14.4 Å². The number of nitrogens with one attached hydrogen (secondary N) is 2. The van der Waals surface area contributed by atoms with E-state index in [9.17, 15) is 19.5 Å². The first-order chi connectivity index (χ1) is 15.8. The van der Waals surface area contributed by atoms with E-state index < -0.39 is 35.1 Å². The fourth-order valence-electron chi connectivity index (χ4n) is 6.24. The minimum atomic E-state index is -1.07. The van der Waals surface area contributed by atoms with Crippen molar-refractivity contribution in [3.8, 4) is 0 Å². The smallest absolute Gasteiger partial charge is 0.245 e. The normalized spacial score (nSPS) is 33.2. The van der Waals surface area contributed by atoms with Crippen LogP contribution in [0.2, 0.25) is 0 Å². The van der Waals surface area contributed by atoms with Crippen molar-refractivity contribution < 1.29 is 24.2 Å². The van der Waals surface area contributed by atoms with Gasteiger partial charge in [0.1, 0.15) is 11.6 Å². The zero-order valence-corrected chi connectivity index (χ0v) is 19.7. The number of aliphatic hydroxyl groups is 1.